The molecule has 2 aromatic carbocycles. The Bertz CT molecular complexity index is 1610. The van der Waals surface area contributed by atoms with E-state index in [2.05, 4.69) is 37.0 Å². The van der Waals surface area contributed by atoms with E-state index in [-0.39, 0.29) is 27.0 Å². The highest BCUT2D eigenvalue weighted by Crippen LogP contribution is 2.37. The van der Waals surface area contributed by atoms with Gasteiger partial charge in [-0.3, -0.25) is 4.98 Å². The lowest BCUT2D eigenvalue weighted by Crippen LogP contribution is -2.34. The fraction of sp³-hybridized carbons (Fsp3) is 0.0417. The first-order valence-corrected chi connectivity index (χ1v) is 11.4. The lowest BCUT2D eigenvalue weighted by molar-refractivity contribution is 0.480. The number of hydrazine groups is 2. The van der Waals surface area contributed by atoms with Gasteiger partial charge in [-0.05, 0) is 29.8 Å². The van der Waals surface area contributed by atoms with Crippen LogP contribution in [0.1, 0.15) is 17.2 Å². The van der Waals surface area contributed by atoms with Crippen molar-refractivity contribution in [2.24, 2.45) is 0 Å². The van der Waals surface area contributed by atoms with Crippen LogP contribution in [0.5, 0.6) is 0 Å². The van der Waals surface area contributed by atoms with Crippen LogP contribution in [-0.4, -0.2) is 9.97 Å². The molecule has 5 N–H and O–H groups in total. The minimum atomic E-state index is -1.25. The van der Waals surface area contributed by atoms with Crippen LogP contribution in [0.25, 0.3) is 10.9 Å². The minimum Gasteiger partial charge on any atom is -0.373 e. The zero-order valence-corrected chi connectivity index (χ0v) is 20.0. The zero-order valence-electron chi connectivity index (χ0n) is 18.5. The molecule has 1 atom stereocenters. The molecule has 2 aromatic heterocycles. The molecule has 0 aliphatic carbocycles. The number of hydrogen-bond donors (Lipinski definition) is 5. The molecule has 8 nitrogen and oxygen atoms in total. The third-order valence-electron chi connectivity index (χ3n) is 5.51. The topological polar surface area (TPSA) is 110 Å². The van der Waals surface area contributed by atoms with Crippen LogP contribution >= 0.6 is 23.2 Å². The second kappa shape index (κ2) is 10.0. The minimum absolute atomic E-state index is 0.116. The number of nitriles is 1. The molecule has 0 spiro atoms. The SMILES string of the molecule is N#Cc1cnc2c(Cl)cc(N[C@H](C3=CNNN3)c3ccc(F)cc3Cl)cc2c1Nc1cnc(F)c(F)c1. The third-order valence-corrected chi connectivity index (χ3v) is 6.13. The average molecular weight is 543 g/mol. The van der Waals surface area contributed by atoms with Crippen LogP contribution in [-0.2, 0) is 0 Å². The summed E-state index contributed by atoms with van der Waals surface area (Å²) in [6.45, 7) is 0. The molecule has 186 valence electrons. The highest BCUT2D eigenvalue weighted by atomic mass is 35.5. The van der Waals surface area contributed by atoms with Crippen molar-refractivity contribution in [2.75, 3.05) is 10.6 Å². The van der Waals surface area contributed by atoms with Gasteiger partial charge in [0.1, 0.15) is 11.9 Å². The fourth-order valence-electron chi connectivity index (χ4n) is 3.84. The molecule has 0 saturated carbocycles. The second-order valence-electron chi connectivity index (χ2n) is 7.87. The number of halogens is 5. The molecule has 0 unspecified atom stereocenters. The average Bonchev–Trinajstić information content (AvgIpc) is 3.40. The van der Waals surface area contributed by atoms with Gasteiger partial charge in [-0.15, -0.1) is 0 Å². The van der Waals surface area contributed by atoms with Crippen molar-refractivity contribution in [3.63, 3.8) is 0 Å². The van der Waals surface area contributed by atoms with Gasteiger partial charge in [0.2, 0.25) is 5.95 Å². The summed E-state index contributed by atoms with van der Waals surface area (Å²) in [6, 6.07) is 9.74. The molecule has 1 aliphatic heterocycles. The molecular formula is C24H15Cl2F3N8. The Morgan fingerprint density at radius 1 is 0.973 bits per heavy atom. The summed E-state index contributed by atoms with van der Waals surface area (Å²) in [5, 5.41) is 16.8. The molecule has 0 bridgehead atoms. The smallest absolute Gasteiger partial charge is 0.249 e. The summed E-state index contributed by atoms with van der Waals surface area (Å²) in [5.74, 6) is -2.88. The maximum atomic E-state index is 13.8. The highest BCUT2D eigenvalue weighted by Gasteiger charge is 2.23. The second-order valence-corrected chi connectivity index (χ2v) is 8.69. The first-order valence-electron chi connectivity index (χ1n) is 10.6. The molecule has 4 aromatic rings. The van der Waals surface area contributed by atoms with Gasteiger partial charge in [-0.2, -0.15) is 15.2 Å². The van der Waals surface area contributed by atoms with Crippen LogP contribution in [0.15, 0.2) is 60.7 Å². The van der Waals surface area contributed by atoms with E-state index < -0.39 is 23.6 Å². The molecule has 37 heavy (non-hydrogen) atoms. The summed E-state index contributed by atoms with van der Waals surface area (Å²) >= 11 is 12.9. The predicted octanol–water partition coefficient (Wildman–Crippen LogP) is 5.58. The monoisotopic (exact) mass is 542 g/mol. The Morgan fingerprint density at radius 2 is 1.81 bits per heavy atom. The van der Waals surface area contributed by atoms with E-state index >= 15 is 0 Å². The Hall–Kier alpha value is -4.24. The van der Waals surface area contributed by atoms with Gasteiger partial charge in [0, 0.05) is 34.6 Å². The maximum absolute atomic E-state index is 13.8. The molecule has 0 fully saturated rings. The Labute approximate surface area is 218 Å². The van der Waals surface area contributed by atoms with Gasteiger partial charge in [-0.1, -0.05) is 29.3 Å². The summed E-state index contributed by atoms with van der Waals surface area (Å²) < 4.78 is 40.8. The number of pyridine rings is 2. The number of anilines is 3. The van der Waals surface area contributed by atoms with Crippen molar-refractivity contribution in [1.29, 1.82) is 5.26 Å². The van der Waals surface area contributed by atoms with E-state index in [4.69, 9.17) is 23.2 Å². The van der Waals surface area contributed by atoms with Gasteiger partial charge >= 0.3 is 0 Å². The van der Waals surface area contributed by atoms with Crippen molar-refractivity contribution >= 4 is 51.2 Å². The quantitative estimate of drug-likeness (QED) is 0.201. The third kappa shape index (κ3) is 4.90. The molecule has 0 amide bonds. The predicted molar refractivity (Wildman–Crippen MR) is 134 cm³/mol. The summed E-state index contributed by atoms with van der Waals surface area (Å²) in [6.07, 6.45) is 4.08. The van der Waals surface area contributed by atoms with Crippen LogP contribution in [0.3, 0.4) is 0 Å². The van der Waals surface area contributed by atoms with Crippen molar-refractivity contribution < 1.29 is 13.2 Å². The lowest BCUT2D eigenvalue weighted by Gasteiger charge is -2.23. The van der Waals surface area contributed by atoms with Gasteiger partial charge in [0.05, 0.1) is 45.4 Å². The van der Waals surface area contributed by atoms with Gasteiger partial charge in [0.15, 0.2) is 5.82 Å². The van der Waals surface area contributed by atoms with Crippen molar-refractivity contribution in [1.82, 2.24) is 26.4 Å². The molecule has 0 saturated heterocycles. The van der Waals surface area contributed by atoms with Crippen LogP contribution in [0.4, 0.5) is 30.2 Å². The van der Waals surface area contributed by atoms with E-state index in [0.29, 0.717) is 27.9 Å². The Kier molecular flexibility index (Phi) is 6.62. The first-order chi connectivity index (χ1) is 17.8. The Balaban J connectivity index is 1.61. The van der Waals surface area contributed by atoms with Crippen molar-refractivity contribution in [2.45, 2.75) is 6.04 Å². The standard InChI is InChI=1S/C24H15Cl2F3N8/c25-17-3-12(27)1-2-15(17)23(20-10-33-37-36-20)34-13-4-16-21(35-14-6-19(28)24(29)32-9-14)11(7-30)8-31-22(16)18(26)5-13/h1-6,8-10,23,33-34,36-37H,(H,31,35)/t23-/m0/s1. The number of nitrogens with one attached hydrogen (secondary N) is 5. The van der Waals surface area contributed by atoms with Crippen molar-refractivity contribution in [3.05, 3.63) is 99.4 Å². The fourth-order valence-corrected chi connectivity index (χ4v) is 4.38. The first kappa shape index (κ1) is 24.5. The number of aromatic nitrogens is 2. The van der Waals surface area contributed by atoms with E-state index in [1.165, 1.54) is 18.3 Å². The lowest BCUT2D eigenvalue weighted by atomic mass is 10.0. The number of rotatable bonds is 6. The Morgan fingerprint density at radius 3 is 2.51 bits per heavy atom. The van der Waals surface area contributed by atoms with E-state index in [0.717, 1.165) is 12.3 Å². The molecule has 0 radical (unpaired) electrons. The molecular weight excluding hydrogens is 528 g/mol. The zero-order chi connectivity index (χ0) is 26.1. The largest absolute Gasteiger partial charge is 0.373 e. The normalized spacial score (nSPS) is 13.4. The van der Waals surface area contributed by atoms with Gasteiger partial charge in [0.25, 0.3) is 0 Å². The highest BCUT2D eigenvalue weighted by molar-refractivity contribution is 6.36. The maximum Gasteiger partial charge on any atom is 0.249 e. The number of nitrogens with zero attached hydrogens (tertiary/aromatic N) is 3. The van der Waals surface area contributed by atoms with Crippen LogP contribution in [0.2, 0.25) is 10.0 Å². The molecule has 5 rings (SSSR count). The van der Waals surface area contributed by atoms with E-state index in [1.807, 2.05) is 6.07 Å². The van der Waals surface area contributed by atoms with Crippen molar-refractivity contribution in [3.8, 4) is 6.07 Å². The van der Waals surface area contributed by atoms with E-state index in [9.17, 15) is 18.4 Å². The number of fused-ring (bicyclic) bond motifs is 1. The molecule has 3 heterocycles. The molecule has 13 heteroatoms. The molecule has 1 aliphatic rings. The van der Waals surface area contributed by atoms with Crippen LogP contribution < -0.4 is 27.0 Å². The number of benzene rings is 2. The number of hydrogen-bond acceptors (Lipinski definition) is 8. The summed E-state index contributed by atoms with van der Waals surface area (Å²) in [5.41, 5.74) is 11.1. The summed E-state index contributed by atoms with van der Waals surface area (Å²) in [4.78, 5) is 7.66. The summed E-state index contributed by atoms with van der Waals surface area (Å²) in [7, 11) is 0. The van der Waals surface area contributed by atoms with Crippen LogP contribution in [0, 0.1) is 28.9 Å². The van der Waals surface area contributed by atoms with E-state index in [1.54, 1.807) is 24.4 Å². The van der Waals surface area contributed by atoms with Gasteiger partial charge in [-0.25, -0.2) is 13.8 Å². The van der Waals surface area contributed by atoms with Gasteiger partial charge < -0.3 is 21.5 Å².